The van der Waals surface area contributed by atoms with E-state index >= 15 is 0 Å². The Morgan fingerprint density at radius 1 is 0.650 bits per heavy atom. The molecule has 2 aliphatic rings. The third-order valence-corrected chi connectivity index (χ3v) is 8.82. The van der Waals surface area contributed by atoms with Crippen LogP contribution in [0, 0.1) is 0 Å². The smallest absolute Gasteiger partial charge is 0.136 e. The Kier molecular flexibility index (Phi) is 5.03. The molecule has 2 heteroatoms. The number of dihydropyridines is 1. The summed E-state index contributed by atoms with van der Waals surface area (Å²) in [6.07, 6.45) is 3.18. The molecule has 6 aromatic rings. The number of fused-ring (bicyclic) bond motifs is 6. The highest BCUT2D eigenvalue weighted by atomic mass is 16.3. The molecular weight excluding hydrogens is 486 g/mol. The number of rotatable bonds is 3. The second-order valence-electron chi connectivity index (χ2n) is 11.6. The third-order valence-electron chi connectivity index (χ3n) is 8.82. The fourth-order valence-electron chi connectivity index (χ4n) is 6.67. The maximum Gasteiger partial charge on any atom is 0.136 e. The van der Waals surface area contributed by atoms with Crippen molar-refractivity contribution in [3.05, 3.63) is 149 Å². The first kappa shape index (κ1) is 23.2. The van der Waals surface area contributed by atoms with Gasteiger partial charge in [0.15, 0.2) is 0 Å². The quantitative estimate of drug-likeness (QED) is 0.230. The van der Waals surface area contributed by atoms with Crippen molar-refractivity contribution in [2.24, 2.45) is 4.99 Å². The number of hydrogen-bond acceptors (Lipinski definition) is 2. The molecule has 40 heavy (non-hydrogen) atoms. The molecule has 5 aromatic carbocycles. The van der Waals surface area contributed by atoms with Crippen LogP contribution in [0.5, 0.6) is 0 Å². The van der Waals surface area contributed by atoms with Gasteiger partial charge in [0, 0.05) is 16.2 Å². The lowest BCUT2D eigenvalue weighted by Gasteiger charge is -2.25. The summed E-state index contributed by atoms with van der Waals surface area (Å²) in [5.41, 5.74) is 13.2. The van der Waals surface area contributed by atoms with Crippen LogP contribution in [0.25, 0.3) is 38.6 Å². The molecular formula is C38H29NO. The Balaban J connectivity index is 1.25. The highest BCUT2D eigenvalue weighted by Crippen LogP contribution is 2.51. The standard InChI is InChI=1S/C38H29NO/c1-38(2)32-19-26(17-18-28(32)30-23-37-31(22-33(30)38)29-15-9-10-16-36(29)40-37)27-20-34(24-11-5-3-6-12-24)39-35(21-27)25-13-7-4-8-14-25/h3-20,22-23,35H,21H2,1-2H3. The zero-order valence-corrected chi connectivity index (χ0v) is 22.7. The second kappa shape index (κ2) is 8.66. The van der Waals surface area contributed by atoms with E-state index in [9.17, 15) is 0 Å². The lowest BCUT2D eigenvalue weighted by Crippen LogP contribution is -2.15. The molecule has 1 unspecified atom stereocenters. The minimum absolute atomic E-state index is 0.0926. The number of aliphatic imine (C=N–C) groups is 1. The minimum atomic E-state index is -0.113. The van der Waals surface area contributed by atoms with Crippen molar-refractivity contribution in [3.63, 3.8) is 0 Å². The number of hydrogen-bond donors (Lipinski definition) is 0. The van der Waals surface area contributed by atoms with Crippen LogP contribution in [0.2, 0.25) is 0 Å². The molecule has 2 heterocycles. The molecule has 0 radical (unpaired) electrons. The number of para-hydroxylation sites is 1. The van der Waals surface area contributed by atoms with Crippen LogP contribution in [0.4, 0.5) is 0 Å². The van der Waals surface area contributed by atoms with Gasteiger partial charge in [-0.2, -0.15) is 0 Å². The average Bonchev–Trinajstić information content (AvgIpc) is 3.48. The van der Waals surface area contributed by atoms with Crippen molar-refractivity contribution in [2.45, 2.75) is 31.7 Å². The molecule has 0 amide bonds. The van der Waals surface area contributed by atoms with Gasteiger partial charge >= 0.3 is 0 Å². The molecule has 1 aliphatic carbocycles. The van der Waals surface area contributed by atoms with E-state index in [1.807, 2.05) is 6.07 Å². The van der Waals surface area contributed by atoms with Crippen LogP contribution in [-0.2, 0) is 5.41 Å². The lowest BCUT2D eigenvalue weighted by molar-refractivity contribution is 0.657. The van der Waals surface area contributed by atoms with E-state index in [1.54, 1.807) is 0 Å². The van der Waals surface area contributed by atoms with Gasteiger partial charge in [-0.1, -0.05) is 105 Å². The lowest BCUT2D eigenvalue weighted by atomic mass is 9.80. The van der Waals surface area contributed by atoms with Crippen LogP contribution in [0.1, 0.15) is 54.1 Å². The first-order chi connectivity index (χ1) is 19.6. The Bertz CT molecular complexity index is 1990. The Labute approximate surface area is 234 Å². The third kappa shape index (κ3) is 3.53. The van der Waals surface area contributed by atoms with E-state index in [0.29, 0.717) is 0 Å². The fourth-order valence-corrected chi connectivity index (χ4v) is 6.67. The molecule has 192 valence electrons. The van der Waals surface area contributed by atoms with Gasteiger partial charge < -0.3 is 4.42 Å². The van der Waals surface area contributed by atoms with Gasteiger partial charge in [0.25, 0.3) is 0 Å². The molecule has 1 aromatic heterocycles. The molecule has 0 N–H and O–H groups in total. The zero-order valence-electron chi connectivity index (χ0n) is 22.7. The normalized spacial score (nSPS) is 17.4. The number of furan rings is 1. The van der Waals surface area contributed by atoms with Crippen LogP contribution in [-0.4, -0.2) is 5.71 Å². The van der Waals surface area contributed by atoms with Crippen molar-refractivity contribution in [1.82, 2.24) is 0 Å². The molecule has 1 atom stereocenters. The predicted octanol–water partition coefficient (Wildman–Crippen LogP) is 9.91. The first-order valence-corrected chi connectivity index (χ1v) is 14.1. The summed E-state index contributed by atoms with van der Waals surface area (Å²) in [6, 6.07) is 41.3. The molecule has 2 nitrogen and oxygen atoms in total. The first-order valence-electron chi connectivity index (χ1n) is 14.1. The van der Waals surface area contributed by atoms with E-state index in [2.05, 4.69) is 129 Å². The molecule has 0 saturated heterocycles. The van der Waals surface area contributed by atoms with Gasteiger partial charge in [-0.05, 0) is 81.3 Å². The van der Waals surface area contributed by atoms with Gasteiger partial charge in [-0.3, -0.25) is 4.99 Å². The molecule has 0 spiro atoms. The van der Waals surface area contributed by atoms with E-state index in [0.717, 1.165) is 28.9 Å². The highest BCUT2D eigenvalue weighted by molar-refractivity contribution is 6.13. The molecule has 0 fully saturated rings. The SMILES string of the molecule is CC1(C)c2cc(C3=CC(c4ccccc4)=NC(c4ccccc4)C3)ccc2-c2cc3oc4ccccc4c3cc21. The molecule has 8 rings (SSSR count). The number of nitrogens with zero attached hydrogens (tertiary/aromatic N) is 1. The van der Waals surface area contributed by atoms with E-state index in [1.165, 1.54) is 49.7 Å². The van der Waals surface area contributed by atoms with E-state index in [4.69, 9.17) is 9.41 Å². The predicted molar refractivity (Wildman–Crippen MR) is 166 cm³/mol. The molecule has 0 saturated carbocycles. The van der Waals surface area contributed by atoms with Crippen molar-refractivity contribution in [2.75, 3.05) is 0 Å². The number of allylic oxidation sites excluding steroid dienone is 1. The summed E-state index contributed by atoms with van der Waals surface area (Å²) < 4.78 is 6.27. The van der Waals surface area contributed by atoms with Gasteiger partial charge in [0.05, 0.1) is 11.8 Å². The van der Waals surface area contributed by atoms with E-state index in [-0.39, 0.29) is 11.5 Å². The van der Waals surface area contributed by atoms with Gasteiger partial charge in [-0.25, -0.2) is 0 Å². The second-order valence-corrected chi connectivity index (χ2v) is 11.6. The Morgan fingerprint density at radius 3 is 2.20 bits per heavy atom. The highest BCUT2D eigenvalue weighted by Gasteiger charge is 2.37. The van der Waals surface area contributed by atoms with Crippen LogP contribution >= 0.6 is 0 Å². The maximum atomic E-state index is 6.27. The van der Waals surface area contributed by atoms with Crippen molar-refractivity contribution in [3.8, 4) is 11.1 Å². The Hall–Kier alpha value is -4.69. The van der Waals surface area contributed by atoms with Crippen LogP contribution < -0.4 is 0 Å². The topological polar surface area (TPSA) is 25.5 Å². The van der Waals surface area contributed by atoms with Gasteiger partial charge in [0.2, 0.25) is 0 Å². The van der Waals surface area contributed by atoms with Crippen molar-refractivity contribution >= 4 is 33.2 Å². The summed E-state index contributed by atoms with van der Waals surface area (Å²) in [5.74, 6) is 0. The monoisotopic (exact) mass is 515 g/mol. The van der Waals surface area contributed by atoms with Gasteiger partial charge in [0.1, 0.15) is 11.2 Å². The average molecular weight is 516 g/mol. The van der Waals surface area contributed by atoms with Crippen LogP contribution in [0.15, 0.2) is 131 Å². The summed E-state index contributed by atoms with van der Waals surface area (Å²) >= 11 is 0. The van der Waals surface area contributed by atoms with Crippen molar-refractivity contribution < 1.29 is 4.42 Å². The minimum Gasteiger partial charge on any atom is -0.456 e. The largest absolute Gasteiger partial charge is 0.456 e. The van der Waals surface area contributed by atoms with Crippen LogP contribution in [0.3, 0.4) is 0 Å². The van der Waals surface area contributed by atoms with Gasteiger partial charge in [-0.15, -0.1) is 0 Å². The maximum absolute atomic E-state index is 6.27. The van der Waals surface area contributed by atoms with E-state index < -0.39 is 0 Å². The Morgan fingerprint density at radius 2 is 1.38 bits per heavy atom. The molecule has 0 bridgehead atoms. The zero-order chi connectivity index (χ0) is 26.8. The summed E-state index contributed by atoms with van der Waals surface area (Å²) in [6.45, 7) is 4.71. The fraction of sp³-hybridized carbons (Fsp3) is 0.132. The molecule has 1 aliphatic heterocycles. The number of benzene rings is 5. The van der Waals surface area contributed by atoms with Crippen molar-refractivity contribution in [1.29, 1.82) is 0 Å². The summed E-state index contributed by atoms with van der Waals surface area (Å²) in [7, 11) is 0. The summed E-state index contributed by atoms with van der Waals surface area (Å²) in [5, 5.41) is 2.37. The summed E-state index contributed by atoms with van der Waals surface area (Å²) in [4.78, 5) is 5.21.